The fraction of sp³-hybridized carbons (Fsp3) is 0.348. The zero-order valence-electron chi connectivity index (χ0n) is 17.1. The molecule has 0 saturated carbocycles. The topological polar surface area (TPSA) is 57.7 Å². The summed E-state index contributed by atoms with van der Waals surface area (Å²) in [5, 5.41) is 0. The van der Waals surface area contributed by atoms with Gasteiger partial charge in [0.1, 0.15) is 0 Å². The van der Waals surface area contributed by atoms with Crippen molar-refractivity contribution in [2.24, 2.45) is 0 Å². The number of halogens is 2. The maximum Gasteiger partial charge on any atom is 0.254 e. The zero-order valence-corrected chi connectivity index (χ0v) is 17.1. The molecule has 3 rings (SSSR count). The molecule has 1 aliphatic rings. The maximum atomic E-state index is 13.4. The van der Waals surface area contributed by atoms with E-state index < -0.39 is 17.5 Å². The van der Waals surface area contributed by atoms with Crippen molar-refractivity contribution in [3.8, 4) is 0 Å². The SMILES string of the molecule is Cc1ccc(C)c(C(=O)CCC(=O)N2CCN(C(=O)c3ccc(F)c(F)c3)CC2)c1. The monoisotopic (exact) mass is 414 g/mol. The van der Waals surface area contributed by atoms with Gasteiger partial charge in [0.2, 0.25) is 5.91 Å². The highest BCUT2D eigenvalue weighted by Crippen LogP contribution is 2.16. The second-order valence-corrected chi connectivity index (χ2v) is 7.54. The number of ketones is 1. The molecule has 0 atom stereocenters. The Hall–Kier alpha value is -3.09. The van der Waals surface area contributed by atoms with Gasteiger partial charge in [0, 0.05) is 50.1 Å². The molecule has 1 heterocycles. The molecule has 1 fully saturated rings. The first-order chi connectivity index (χ1) is 14.3. The lowest BCUT2D eigenvalue weighted by atomic mass is 9.99. The minimum atomic E-state index is -1.07. The van der Waals surface area contributed by atoms with E-state index in [2.05, 4.69) is 0 Å². The van der Waals surface area contributed by atoms with Crippen molar-refractivity contribution < 1.29 is 23.2 Å². The van der Waals surface area contributed by atoms with Crippen LogP contribution in [0.5, 0.6) is 0 Å². The van der Waals surface area contributed by atoms with Gasteiger partial charge >= 0.3 is 0 Å². The largest absolute Gasteiger partial charge is 0.339 e. The van der Waals surface area contributed by atoms with E-state index in [1.807, 2.05) is 32.0 Å². The Morgan fingerprint density at radius 2 is 1.50 bits per heavy atom. The first-order valence-corrected chi connectivity index (χ1v) is 9.89. The molecular weight excluding hydrogens is 390 g/mol. The number of hydrogen-bond donors (Lipinski definition) is 0. The van der Waals surface area contributed by atoms with Crippen LogP contribution < -0.4 is 0 Å². The molecule has 7 heteroatoms. The fourth-order valence-corrected chi connectivity index (χ4v) is 3.52. The molecule has 5 nitrogen and oxygen atoms in total. The van der Waals surface area contributed by atoms with Crippen LogP contribution in [-0.2, 0) is 4.79 Å². The average molecular weight is 414 g/mol. The van der Waals surface area contributed by atoms with Crippen LogP contribution >= 0.6 is 0 Å². The third-order valence-corrected chi connectivity index (χ3v) is 5.35. The van der Waals surface area contributed by atoms with E-state index in [0.717, 1.165) is 23.3 Å². The van der Waals surface area contributed by atoms with Crippen molar-refractivity contribution in [1.82, 2.24) is 9.80 Å². The highest BCUT2D eigenvalue weighted by atomic mass is 19.2. The standard InChI is InChI=1S/C23H24F2N2O3/c1-15-3-4-16(2)18(13-15)21(28)7-8-22(29)26-9-11-27(12-10-26)23(30)17-5-6-19(24)20(25)14-17/h3-6,13-14H,7-12H2,1-2H3. The predicted octanol–water partition coefficient (Wildman–Crippen LogP) is 3.53. The van der Waals surface area contributed by atoms with Crippen LogP contribution in [0.2, 0.25) is 0 Å². The second kappa shape index (κ2) is 9.15. The lowest BCUT2D eigenvalue weighted by molar-refractivity contribution is -0.132. The summed E-state index contributed by atoms with van der Waals surface area (Å²) in [6.07, 6.45) is 0.250. The second-order valence-electron chi connectivity index (χ2n) is 7.54. The molecule has 2 aromatic carbocycles. The first-order valence-electron chi connectivity index (χ1n) is 9.89. The number of nitrogens with zero attached hydrogens (tertiary/aromatic N) is 2. The van der Waals surface area contributed by atoms with E-state index in [4.69, 9.17) is 0 Å². The number of carbonyl (C=O) groups is 3. The number of aryl methyl sites for hydroxylation is 2. The smallest absolute Gasteiger partial charge is 0.254 e. The van der Waals surface area contributed by atoms with Gasteiger partial charge in [0.25, 0.3) is 5.91 Å². The van der Waals surface area contributed by atoms with Crippen molar-refractivity contribution in [2.45, 2.75) is 26.7 Å². The van der Waals surface area contributed by atoms with Crippen LogP contribution in [0.15, 0.2) is 36.4 Å². The van der Waals surface area contributed by atoms with Gasteiger partial charge in [-0.1, -0.05) is 17.7 Å². The van der Waals surface area contributed by atoms with Gasteiger partial charge in [0.15, 0.2) is 17.4 Å². The van der Waals surface area contributed by atoms with Gasteiger partial charge in [-0.05, 0) is 43.7 Å². The molecule has 0 bridgehead atoms. The molecule has 1 aliphatic heterocycles. The lowest BCUT2D eigenvalue weighted by Crippen LogP contribution is -2.50. The quantitative estimate of drug-likeness (QED) is 0.704. The Balaban J connectivity index is 1.51. The summed E-state index contributed by atoms with van der Waals surface area (Å²) in [5.41, 5.74) is 2.61. The number of amides is 2. The number of hydrogen-bond acceptors (Lipinski definition) is 3. The van der Waals surface area contributed by atoms with Crippen molar-refractivity contribution in [2.75, 3.05) is 26.2 Å². The summed E-state index contributed by atoms with van der Waals surface area (Å²) < 4.78 is 26.4. The molecule has 30 heavy (non-hydrogen) atoms. The summed E-state index contributed by atoms with van der Waals surface area (Å²) in [4.78, 5) is 40.6. The Bertz CT molecular complexity index is 982. The Labute approximate surface area is 174 Å². The van der Waals surface area contributed by atoms with E-state index in [1.165, 1.54) is 11.0 Å². The van der Waals surface area contributed by atoms with Crippen molar-refractivity contribution in [1.29, 1.82) is 0 Å². The molecule has 2 aromatic rings. The zero-order chi connectivity index (χ0) is 21.8. The Morgan fingerprint density at radius 1 is 0.833 bits per heavy atom. The Kier molecular flexibility index (Phi) is 6.59. The average Bonchev–Trinajstić information content (AvgIpc) is 2.75. The molecule has 0 spiro atoms. The van der Waals surface area contributed by atoms with Crippen LogP contribution in [0, 0.1) is 25.5 Å². The number of Topliss-reactive ketones (excluding diaryl/α,β-unsaturated/α-hetero) is 1. The van der Waals surface area contributed by atoms with Gasteiger partial charge in [-0.2, -0.15) is 0 Å². The fourth-order valence-electron chi connectivity index (χ4n) is 3.52. The molecule has 0 unspecified atom stereocenters. The highest BCUT2D eigenvalue weighted by molar-refractivity contribution is 5.99. The molecule has 1 saturated heterocycles. The lowest BCUT2D eigenvalue weighted by Gasteiger charge is -2.35. The summed E-state index contributed by atoms with van der Waals surface area (Å²) in [6, 6.07) is 8.73. The number of piperazine rings is 1. The normalized spacial score (nSPS) is 14.0. The van der Waals surface area contributed by atoms with Crippen LogP contribution in [0.1, 0.15) is 44.7 Å². The molecule has 2 amide bonds. The Morgan fingerprint density at radius 3 is 2.17 bits per heavy atom. The number of carbonyl (C=O) groups excluding carboxylic acids is 3. The highest BCUT2D eigenvalue weighted by Gasteiger charge is 2.25. The van der Waals surface area contributed by atoms with Crippen molar-refractivity contribution >= 4 is 17.6 Å². The third-order valence-electron chi connectivity index (χ3n) is 5.35. The molecule has 0 aliphatic carbocycles. The van der Waals surface area contributed by atoms with Crippen LogP contribution in [0.25, 0.3) is 0 Å². The van der Waals surface area contributed by atoms with Crippen LogP contribution in [0.3, 0.4) is 0 Å². The van der Waals surface area contributed by atoms with E-state index in [1.54, 1.807) is 4.90 Å². The van der Waals surface area contributed by atoms with E-state index in [-0.39, 0.29) is 30.1 Å². The summed E-state index contributed by atoms with van der Waals surface area (Å²) in [6.45, 7) is 5.07. The third kappa shape index (κ3) is 4.90. The van der Waals surface area contributed by atoms with Crippen LogP contribution in [0.4, 0.5) is 8.78 Å². The minimum absolute atomic E-state index is 0.0586. The predicted molar refractivity (Wildman–Crippen MR) is 108 cm³/mol. The van der Waals surface area contributed by atoms with E-state index in [0.29, 0.717) is 31.7 Å². The van der Waals surface area contributed by atoms with Gasteiger partial charge in [-0.15, -0.1) is 0 Å². The molecule has 0 aromatic heterocycles. The van der Waals surface area contributed by atoms with Crippen LogP contribution in [-0.4, -0.2) is 53.6 Å². The molecule has 0 radical (unpaired) electrons. The first kappa shape index (κ1) is 21.6. The summed E-state index contributed by atoms with van der Waals surface area (Å²) in [5.74, 6) is -2.66. The van der Waals surface area contributed by atoms with Gasteiger partial charge in [0.05, 0.1) is 0 Å². The van der Waals surface area contributed by atoms with Gasteiger partial charge in [-0.25, -0.2) is 8.78 Å². The molecular formula is C23H24F2N2O3. The van der Waals surface area contributed by atoms with E-state index in [9.17, 15) is 23.2 Å². The van der Waals surface area contributed by atoms with Crippen molar-refractivity contribution in [3.63, 3.8) is 0 Å². The molecule has 0 N–H and O–H groups in total. The van der Waals surface area contributed by atoms with E-state index >= 15 is 0 Å². The number of benzene rings is 2. The molecule has 158 valence electrons. The minimum Gasteiger partial charge on any atom is -0.339 e. The van der Waals surface area contributed by atoms with Crippen molar-refractivity contribution in [3.05, 3.63) is 70.3 Å². The van der Waals surface area contributed by atoms with Gasteiger partial charge < -0.3 is 9.80 Å². The van der Waals surface area contributed by atoms with Gasteiger partial charge in [-0.3, -0.25) is 14.4 Å². The number of rotatable bonds is 5. The maximum absolute atomic E-state index is 13.4. The summed E-state index contributed by atoms with van der Waals surface area (Å²) in [7, 11) is 0. The summed E-state index contributed by atoms with van der Waals surface area (Å²) >= 11 is 0.